The molecule has 1 unspecified atom stereocenters. The van der Waals surface area contributed by atoms with Gasteiger partial charge in [-0.05, 0) is 30.2 Å². The molecule has 7 nitrogen and oxygen atoms in total. The summed E-state index contributed by atoms with van der Waals surface area (Å²) in [6, 6.07) is 10.4. The van der Waals surface area contributed by atoms with Crippen molar-refractivity contribution in [3.63, 3.8) is 0 Å². The van der Waals surface area contributed by atoms with Crippen molar-refractivity contribution in [3.05, 3.63) is 75.6 Å². The van der Waals surface area contributed by atoms with Gasteiger partial charge in [0.05, 0.1) is 11.5 Å². The zero-order valence-corrected chi connectivity index (χ0v) is 13.2. The molecule has 0 bridgehead atoms. The summed E-state index contributed by atoms with van der Waals surface area (Å²) < 4.78 is 13.1. The van der Waals surface area contributed by atoms with Crippen molar-refractivity contribution >= 4 is 17.6 Å². The number of non-ortho nitro benzene ring substituents is 1. The highest BCUT2D eigenvalue weighted by atomic mass is 19.1. The molecule has 2 aromatic rings. The Hall–Kier alpha value is -3.29. The lowest BCUT2D eigenvalue weighted by Crippen LogP contribution is -2.40. The Morgan fingerprint density at radius 3 is 2.52 bits per heavy atom. The van der Waals surface area contributed by atoms with Crippen molar-refractivity contribution in [3.8, 4) is 0 Å². The summed E-state index contributed by atoms with van der Waals surface area (Å²) in [7, 11) is 0. The molecule has 0 saturated carbocycles. The van der Waals surface area contributed by atoms with Crippen molar-refractivity contribution in [2.75, 3.05) is 0 Å². The van der Waals surface area contributed by atoms with E-state index in [4.69, 9.17) is 0 Å². The third-order valence-corrected chi connectivity index (χ3v) is 4.16. The maximum atomic E-state index is 13.1. The number of rotatable bonds is 4. The molecule has 25 heavy (non-hydrogen) atoms. The Morgan fingerprint density at radius 1 is 1.20 bits per heavy atom. The summed E-state index contributed by atoms with van der Waals surface area (Å²) >= 11 is 0. The molecule has 8 heteroatoms. The fourth-order valence-electron chi connectivity index (χ4n) is 2.77. The average Bonchev–Trinajstić information content (AvgIpc) is 2.80. The van der Waals surface area contributed by atoms with Crippen LogP contribution in [-0.4, -0.2) is 21.8 Å². The zero-order valence-electron chi connectivity index (χ0n) is 13.2. The van der Waals surface area contributed by atoms with Crippen molar-refractivity contribution in [1.82, 2.24) is 10.2 Å². The fraction of sp³-hybridized carbons (Fsp3) is 0.176. The minimum atomic E-state index is -1.31. The van der Waals surface area contributed by atoms with Gasteiger partial charge in [-0.1, -0.05) is 24.3 Å². The molecule has 2 aromatic carbocycles. The first kappa shape index (κ1) is 16.6. The van der Waals surface area contributed by atoms with Crippen LogP contribution in [0.4, 0.5) is 14.9 Å². The molecule has 3 amide bonds. The third kappa shape index (κ3) is 2.93. The van der Waals surface area contributed by atoms with Gasteiger partial charge in [-0.3, -0.25) is 19.8 Å². The van der Waals surface area contributed by atoms with Crippen LogP contribution in [0, 0.1) is 15.9 Å². The molecule has 0 radical (unpaired) electrons. The second-order valence-corrected chi connectivity index (χ2v) is 5.88. The van der Waals surface area contributed by atoms with Crippen LogP contribution in [0.3, 0.4) is 0 Å². The summed E-state index contributed by atoms with van der Waals surface area (Å²) in [6.07, 6.45) is 0. The van der Waals surface area contributed by atoms with E-state index in [0.29, 0.717) is 11.1 Å². The van der Waals surface area contributed by atoms with E-state index in [1.165, 1.54) is 49.4 Å². The molecular formula is C17H14FN3O4. The van der Waals surface area contributed by atoms with Gasteiger partial charge in [-0.25, -0.2) is 9.18 Å². The minimum Gasteiger partial charge on any atom is -0.319 e. The van der Waals surface area contributed by atoms with E-state index in [-0.39, 0.29) is 12.2 Å². The number of benzene rings is 2. The van der Waals surface area contributed by atoms with Crippen LogP contribution in [0.2, 0.25) is 0 Å². The number of halogens is 1. The van der Waals surface area contributed by atoms with E-state index in [1.54, 1.807) is 6.07 Å². The Morgan fingerprint density at radius 2 is 1.88 bits per heavy atom. The number of nitro groups is 1. The number of nitrogens with zero attached hydrogens (tertiary/aromatic N) is 2. The summed E-state index contributed by atoms with van der Waals surface area (Å²) in [6.45, 7) is 1.44. The third-order valence-electron chi connectivity index (χ3n) is 4.16. The van der Waals surface area contributed by atoms with Crippen molar-refractivity contribution in [2.45, 2.75) is 19.0 Å². The van der Waals surface area contributed by atoms with Gasteiger partial charge in [0, 0.05) is 12.1 Å². The number of amides is 3. The lowest BCUT2D eigenvalue weighted by molar-refractivity contribution is -0.384. The molecule has 1 saturated heterocycles. The summed E-state index contributed by atoms with van der Waals surface area (Å²) in [5, 5.41) is 13.5. The van der Waals surface area contributed by atoms with Gasteiger partial charge in [0.25, 0.3) is 11.6 Å². The Kier molecular flexibility index (Phi) is 3.96. The van der Waals surface area contributed by atoms with Crippen molar-refractivity contribution < 1.29 is 18.9 Å². The Labute approximate surface area is 142 Å². The molecule has 0 spiro atoms. The van der Waals surface area contributed by atoms with Crippen LogP contribution in [-0.2, 0) is 16.9 Å². The number of urea groups is 1. The largest absolute Gasteiger partial charge is 0.325 e. The lowest BCUT2D eigenvalue weighted by atomic mass is 9.92. The van der Waals surface area contributed by atoms with Crippen LogP contribution >= 0.6 is 0 Å². The van der Waals surface area contributed by atoms with Gasteiger partial charge in [0.1, 0.15) is 11.4 Å². The highest BCUT2D eigenvalue weighted by molar-refractivity contribution is 6.07. The van der Waals surface area contributed by atoms with Gasteiger partial charge in [0.15, 0.2) is 0 Å². The van der Waals surface area contributed by atoms with E-state index in [9.17, 15) is 24.1 Å². The Bertz CT molecular complexity index is 868. The number of carbonyl (C=O) groups is 2. The Balaban J connectivity index is 1.88. The molecule has 1 aliphatic heterocycles. The van der Waals surface area contributed by atoms with Gasteiger partial charge in [-0.15, -0.1) is 0 Å². The number of carbonyl (C=O) groups excluding carboxylic acids is 2. The van der Waals surface area contributed by atoms with Gasteiger partial charge in [0.2, 0.25) is 0 Å². The molecule has 1 heterocycles. The maximum Gasteiger partial charge on any atom is 0.325 e. The SMILES string of the molecule is CC1(c2ccc(F)cc2)NC(=O)N(Cc2cccc([N+](=O)[O-])c2)C1=O. The second-order valence-electron chi connectivity index (χ2n) is 5.88. The fourth-order valence-corrected chi connectivity index (χ4v) is 2.77. The highest BCUT2D eigenvalue weighted by Gasteiger charge is 2.48. The predicted octanol–water partition coefficient (Wildman–Crippen LogP) is 2.70. The molecule has 128 valence electrons. The number of hydrogen-bond donors (Lipinski definition) is 1. The van der Waals surface area contributed by atoms with Gasteiger partial charge in [-0.2, -0.15) is 0 Å². The van der Waals surface area contributed by atoms with Crippen molar-refractivity contribution in [1.29, 1.82) is 0 Å². The lowest BCUT2D eigenvalue weighted by Gasteiger charge is -2.22. The van der Waals surface area contributed by atoms with Crippen LogP contribution in [0.25, 0.3) is 0 Å². The molecule has 3 rings (SSSR count). The van der Waals surface area contributed by atoms with Gasteiger partial charge < -0.3 is 5.32 Å². The molecule has 1 fully saturated rings. The van der Waals surface area contributed by atoms with E-state index in [0.717, 1.165) is 4.90 Å². The molecule has 1 aliphatic rings. The van der Waals surface area contributed by atoms with Crippen LogP contribution in [0.1, 0.15) is 18.1 Å². The number of imide groups is 1. The van der Waals surface area contributed by atoms with E-state index in [1.807, 2.05) is 0 Å². The quantitative estimate of drug-likeness (QED) is 0.525. The zero-order chi connectivity index (χ0) is 18.2. The average molecular weight is 343 g/mol. The van der Waals surface area contributed by atoms with Crippen LogP contribution in [0.5, 0.6) is 0 Å². The standard InChI is InChI=1S/C17H14FN3O4/c1-17(12-5-7-13(18)8-6-12)15(22)20(16(23)19-17)10-11-3-2-4-14(9-11)21(24)25/h2-9H,10H2,1H3,(H,19,23). The number of nitro benzene ring substituents is 1. The summed E-state index contributed by atoms with van der Waals surface area (Å²) in [5.41, 5.74) is -0.522. The predicted molar refractivity (Wildman–Crippen MR) is 85.9 cm³/mol. The molecule has 1 atom stereocenters. The molecule has 1 N–H and O–H groups in total. The smallest absolute Gasteiger partial charge is 0.319 e. The monoisotopic (exact) mass is 343 g/mol. The minimum absolute atomic E-state index is 0.0941. The first-order valence-electron chi connectivity index (χ1n) is 7.45. The van der Waals surface area contributed by atoms with E-state index in [2.05, 4.69) is 5.32 Å². The number of nitrogens with one attached hydrogen (secondary N) is 1. The summed E-state index contributed by atoms with van der Waals surface area (Å²) in [5.74, 6) is -0.951. The second kappa shape index (κ2) is 5.97. The maximum absolute atomic E-state index is 13.1. The molecule has 0 aliphatic carbocycles. The molecule has 0 aromatic heterocycles. The van der Waals surface area contributed by atoms with Crippen LogP contribution < -0.4 is 5.32 Å². The topological polar surface area (TPSA) is 92.6 Å². The molecular weight excluding hydrogens is 329 g/mol. The van der Waals surface area contributed by atoms with Crippen molar-refractivity contribution in [2.24, 2.45) is 0 Å². The normalized spacial score (nSPS) is 19.8. The van der Waals surface area contributed by atoms with Gasteiger partial charge >= 0.3 is 6.03 Å². The van der Waals surface area contributed by atoms with Crippen LogP contribution in [0.15, 0.2) is 48.5 Å². The number of hydrogen-bond acceptors (Lipinski definition) is 4. The summed E-state index contributed by atoms with van der Waals surface area (Å²) in [4.78, 5) is 36.3. The first-order chi connectivity index (χ1) is 11.8. The van der Waals surface area contributed by atoms with E-state index < -0.39 is 28.2 Å². The first-order valence-corrected chi connectivity index (χ1v) is 7.45. The van der Waals surface area contributed by atoms with E-state index >= 15 is 0 Å². The highest BCUT2D eigenvalue weighted by Crippen LogP contribution is 2.30.